The first-order valence-electron chi connectivity index (χ1n) is 3.66. The number of ether oxygens (including phenoxy) is 1. The van der Waals surface area contributed by atoms with E-state index < -0.39 is 0 Å². The van der Waals surface area contributed by atoms with Crippen molar-refractivity contribution in [1.29, 1.82) is 0 Å². The lowest BCUT2D eigenvalue weighted by molar-refractivity contribution is 0.200. The summed E-state index contributed by atoms with van der Waals surface area (Å²) in [5.41, 5.74) is 5.48. The number of thioether (sulfide) groups is 1. The molecular weight excluding hydrogens is 192 g/mol. The van der Waals surface area contributed by atoms with E-state index in [1.165, 1.54) is 15.5 Å². The van der Waals surface area contributed by atoms with E-state index in [-0.39, 0.29) is 0 Å². The van der Waals surface area contributed by atoms with Gasteiger partial charge in [-0.05, 0) is 6.42 Å². The van der Waals surface area contributed by atoms with Crippen molar-refractivity contribution in [3.05, 3.63) is 6.20 Å². The molecule has 3 nitrogen and oxygen atoms in total. The molecule has 5 heteroatoms. The number of nitrogens with two attached hydrogens (primary N) is 1. The van der Waals surface area contributed by atoms with Crippen molar-refractivity contribution in [1.82, 2.24) is 4.98 Å². The summed E-state index contributed by atoms with van der Waals surface area (Å²) < 4.78 is 6.12. The van der Waals surface area contributed by atoms with Crippen LogP contribution in [0.25, 0.3) is 0 Å². The van der Waals surface area contributed by atoms with Crippen LogP contribution in [0.15, 0.2) is 10.4 Å². The van der Waals surface area contributed by atoms with Gasteiger partial charge in [-0.3, -0.25) is 0 Å². The fraction of sp³-hybridized carbons (Fsp3) is 0.571. The molecular formula is C7H12N2OS2. The monoisotopic (exact) mass is 204 g/mol. The molecule has 0 aliphatic carbocycles. The van der Waals surface area contributed by atoms with Crippen LogP contribution < -0.4 is 5.73 Å². The Hall–Kier alpha value is -0.260. The van der Waals surface area contributed by atoms with Crippen molar-refractivity contribution in [3.63, 3.8) is 0 Å². The zero-order valence-electron chi connectivity index (χ0n) is 6.95. The lowest BCUT2D eigenvalue weighted by atomic mass is 10.5. The first-order valence-corrected chi connectivity index (χ1v) is 5.46. The van der Waals surface area contributed by atoms with Crippen LogP contribution in [-0.2, 0) is 4.74 Å². The van der Waals surface area contributed by atoms with Gasteiger partial charge < -0.3 is 10.5 Å². The first kappa shape index (κ1) is 9.83. The van der Waals surface area contributed by atoms with Gasteiger partial charge in [-0.1, -0.05) is 11.3 Å². The van der Waals surface area contributed by atoms with Crippen LogP contribution in [0.1, 0.15) is 6.42 Å². The molecule has 1 aromatic rings. The van der Waals surface area contributed by atoms with Crippen molar-refractivity contribution >= 4 is 28.2 Å². The Bertz CT molecular complexity index is 227. The first-order chi connectivity index (χ1) is 5.83. The number of nitrogen functional groups attached to an aromatic ring is 1. The second kappa shape index (κ2) is 5.40. The molecule has 0 atom stereocenters. The van der Waals surface area contributed by atoms with Gasteiger partial charge in [-0.25, -0.2) is 4.98 Å². The van der Waals surface area contributed by atoms with E-state index >= 15 is 0 Å². The molecule has 0 saturated carbocycles. The average Bonchev–Trinajstić information content (AvgIpc) is 2.45. The minimum atomic E-state index is 0.643. The van der Waals surface area contributed by atoms with Crippen molar-refractivity contribution in [3.8, 4) is 0 Å². The quantitative estimate of drug-likeness (QED) is 0.587. The highest BCUT2D eigenvalue weighted by Crippen LogP contribution is 2.26. The maximum Gasteiger partial charge on any atom is 0.181 e. The van der Waals surface area contributed by atoms with E-state index in [1.807, 2.05) is 6.20 Å². The summed E-state index contributed by atoms with van der Waals surface area (Å²) in [6, 6.07) is 0. The van der Waals surface area contributed by atoms with E-state index in [0.717, 1.165) is 18.8 Å². The second-order valence-corrected chi connectivity index (χ2v) is 4.67. The van der Waals surface area contributed by atoms with Gasteiger partial charge >= 0.3 is 0 Å². The minimum absolute atomic E-state index is 0.643. The third kappa shape index (κ3) is 3.42. The molecule has 68 valence electrons. The average molecular weight is 204 g/mol. The third-order valence-corrected chi connectivity index (χ3v) is 3.35. The molecule has 0 saturated heterocycles. The molecule has 12 heavy (non-hydrogen) atoms. The minimum Gasteiger partial charge on any atom is -0.385 e. The zero-order valence-corrected chi connectivity index (χ0v) is 8.58. The highest BCUT2D eigenvalue weighted by Gasteiger charge is 1.98. The summed E-state index contributed by atoms with van der Waals surface area (Å²) in [6.07, 6.45) is 2.89. The van der Waals surface area contributed by atoms with E-state index in [2.05, 4.69) is 4.98 Å². The van der Waals surface area contributed by atoms with Crippen molar-refractivity contribution in [2.45, 2.75) is 10.6 Å². The normalized spacial score (nSPS) is 10.4. The molecule has 0 unspecified atom stereocenters. The maximum absolute atomic E-state index is 5.48. The Labute approximate surface area is 80.3 Å². The van der Waals surface area contributed by atoms with Crippen LogP contribution in [0.3, 0.4) is 0 Å². The molecule has 0 fully saturated rings. The summed E-state index contributed by atoms with van der Waals surface area (Å²) in [5, 5.41) is 0.643. The summed E-state index contributed by atoms with van der Waals surface area (Å²) >= 11 is 3.31. The molecule has 1 rings (SSSR count). The lowest BCUT2D eigenvalue weighted by Gasteiger charge is -1.96. The molecule has 0 radical (unpaired) electrons. The lowest BCUT2D eigenvalue weighted by Crippen LogP contribution is -1.89. The molecule has 0 aromatic carbocycles. The summed E-state index contributed by atoms with van der Waals surface area (Å²) in [6.45, 7) is 0.821. The highest BCUT2D eigenvalue weighted by molar-refractivity contribution is 8.01. The van der Waals surface area contributed by atoms with Gasteiger partial charge in [0.1, 0.15) is 0 Å². The molecule has 0 spiro atoms. The van der Waals surface area contributed by atoms with Crippen LogP contribution in [0.4, 0.5) is 5.13 Å². The van der Waals surface area contributed by atoms with Crippen molar-refractivity contribution < 1.29 is 4.74 Å². The van der Waals surface area contributed by atoms with Crippen LogP contribution in [0, 0.1) is 0 Å². The number of hydrogen-bond donors (Lipinski definition) is 1. The summed E-state index contributed by atoms with van der Waals surface area (Å²) in [7, 11) is 1.72. The van der Waals surface area contributed by atoms with Gasteiger partial charge in [0.05, 0.1) is 10.4 Å². The predicted octanol–water partition coefficient (Wildman–Crippen LogP) is 1.85. The summed E-state index contributed by atoms with van der Waals surface area (Å²) in [4.78, 5) is 3.96. The second-order valence-electron chi connectivity index (χ2n) is 2.21. The molecule has 1 heterocycles. The van der Waals surface area contributed by atoms with Gasteiger partial charge in [0.15, 0.2) is 5.13 Å². The van der Waals surface area contributed by atoms with E-state index in [0.29, 0.717) is 5.13 Å². The number of aromatic nitrogens is 1. The molecule has 0 bridgehead atoms. The molecule has 0 aliphatic heterocycles. The smallest absolute Gasteiger partial charge is 0.181 e. The SMILES string of the molecule is COCCCSc1cnc(N)s1. The van der Waals surface area contributed by atoms with E-state index in [4.69, 9.17) is 10.5 Å². The Morgan fingerprint density at radius 2 is 2.58 bits per heavy atom. The molecule has 0 aliphatic rings. The van der Waals surface area contributed by atoms with Crippen LogP contribution in [-0.4, -0.2) is 24.5 Å². The highest BCUT2D eigenvalue weighted by atomic mass is 32.2. The van der Waals surface area contributed by atoms with Gasteiger partial charge in [-0.2, -0.15) is 0 Å². The van der Waals surface area contributed by atoms with Gasteiger partial charge in [-0.15, -0.1) is 11.8 Å². The number of methoxy groups -OCH3 is 1. The molecule has 0 amide bonds. The largest absolute Gasteiger partial charge is 0.385 e. The Balaban J connectivity index is 2.15. The molecule has 1 aromatic heterocycles. The van der Waals surface area contributed by atoms with E-state index in [1.54, 1.807) is 18.9 Å². The number of hydrogen-bond acceptors (Lipinski definition) is 5. The fourth-order valence-electron chi connectivity index (χ4n) is 0.715. The van der Waals surface area contributed by atoms with E-state index in [9.17, 15) is 0 Å². The van der Waals surface area contributed by atoms with Gasteiger partial charge in [0.25, 0.3) is 0 Å². The number of anilines is 1. The number of nitrogens with zero attached hydrogens (tertiary/aromatic N) is 1. The van der Waals surface area contributed by atoms with Gasteiger partial charge in [0.2, 0.25) is 0 Å². The standard InChI is InChI=1S/C7H12N2OS2/c1-10-3-2-4-11-6-5-9-7(8)12-6/h5H,2-4H2,1H3,(H2,8,9). The number of thiazole rings is 1. The number of rotatable bonds is 5. The van der Waals surface area contributed by atoms with Gasteiger partial charge in [0, 0.05) is 19.5 Å². The Morgan fingerprint density at radius 1 is 1.75 bits per heavy atom. The Morgan fingerprint density at radius 3 is 3.17 bits per heavy atom. The summed E-state index contributed by atoms with van der Waals surface area (Å²) in [5.74, 6) is 1.06. The van der Waals surface area contributed by atoms with Crippen molar-refractivity contribution in [2.75, 3.05) is 25.2 Å². The predicted molar refractivity (Wildman–Crippen MR) is 53.7 cm³/mol. The molecule has 2 N–H and O–H groups in total. The van der Waals surface area contributed by atoms with Crippen LogP contribution in [0.2, 0.25) is 0 Å². The maximum atomic E-state index is 5.48. The third-order valence-electron chi connectivity index (χ3n) is 1.24. The van der Waals surface area contributed by atoms with Crippen molar-refractivity contribution in [2.24, 2.45) is 0 Å². The zero-order chi connectivity index (χ0) is 8.81. The topological polar surface area (TPSA) is 48.1 Å². The van der Waals surface area contributed by atoms with Crippen LogP contribution in [0.5, 0.6) is 0 Å². The fourth-order valence-corrected chi connectivity index (χ4v) is 2.46. The Kier molecular flexibility index (Phi) is 4.42. The van der Waals surface area contributed by atoms with Crippen LogP contribution >= 0.6 is 23.1 Å².